The second-order valence-electron chi connectivity index (χ2n) is 6.18. The standard InChI is InChI=1S/C19H20N4O/c24-19(22-12-4-5-13-22)17-16-9-6-11-20-18(16)23(21-17)14-10-15-7-2-1-3-8-15/h1-3,6-9,11H,4-5,10,12-14H2. The molecule has 0 bridgehead atoms. The molecule has 0 aliphatic carbocycles. The van der Waals surface area contributed by atoms with Crippen molar-refractivity contribution in [1.29, 1.82) is 0 Å². The van der Waals surface area contributed by atoms with Crippen molar-refractivity contribution in [3.05, 3.63) is 59.9 Å². The van der Waals surface area contributed by atoms with Gasteiger partial charge in [-0.1, -0.05) is 30.3 Å². The number of carbonyl (C=O) groups is 1. The van der Waals surface area contributed by atoms with Gasteiger partial charge in [0.25, 0.3) is 5.91 Å². The van der Waals surface area contributed by atoms with Crippen molar-refractivity contribution in [2.75, 3.05) is 13.1 Å². The minimum atomic E-state index is 0.0314. The van der Waals surface area contributed by atoms with Crippen LogP contribution in [0.25, 0.3) is 11.0 Å². The van der Waals surface area contributed by atoms with Gasteiger partial charge in [-0.3, -0.25) is 4.79 Å². The average Bonchev–Trinajstić information content (AvgIpc) is 3.29. The Morgan fingerprint density at radius 1 is 1.04 bits per heavy atom. The van der Waals surface area contributed by atoms with Gasteiger partial charge < -0.3 is 4.90 Å². The normalized spacial score (nSPS) is 14.4. The van der Waals surface area contributed by atoms with Gasteiger partial charge in [0.1, 0.15) is 0 Å². The van der Waals surface area contributed by atoms with Crippen LogP contribution in [-0.4, -0.2) is 38.7 Å². The van der Waals surface area contributed by atoms with Gasteiger partial charge in [-0.05, 0) is 37.0 Å². The lowest BCUT2D eigenvalue weighted by molar-refractivity contribution is 0.0788. The predicted octanol–water partition coefficient (Wildman–Crippen LogP) is 2.91. The molecule has 0 unspecified atom stereocenters. The average molecular weight is 320 g/mol. The Morgan fingerprint density at radius 3 is 2.62 bits per heavy atom. The molecule has 1 aliphatic heterocycles. The zero-order valence-corrected chi connectivity index (χ0v) is 13.6. The maximum Gasteiger partial charge on any atom is 0.275 e. The predicted molar refractivity (Wildman–Crippen MR) is 92.8 cm³/mol. The summed E-state index contributed by atoms with van der Waals surface area (Å²) < 4.78 is 1.87. The zero-order chi connectivity index (χ0) is 16.4. The first kappa shape index (κ1) is 14.9. The van der Waals surface area contributed by atoms with Crippen molar-refractivity contribution in [2.45, 2.75) is 25.8 Å². The monoisotopic (exact) mass is 320 g/mol. The Labute approximate surface area is 140 Å². The number of nitrogens with zero attached hydrogens (tertiary/aromatic N) is 4. The first-order valence-electron chi connectivity index (χ1n) is 8.48. The molecule has 0 saturated carbocycles. The second kappa shape index (κ2) is 6.43. The van der Waals surface area contributed by atoms with Crippen LogP contribution >= 0.6 is 0 Å². The van der Waals surface area contributed by atoms with Crippen LogP contribution in [0.1, 0.15) is 28.9 Å². The first-order valence-corrected chi connectivity index (χ1v) is 8.48. The number of fused-ring (bicyclic) bond motifs is 1. The number of likely N-dealkylation sites (tertiary alicyclic amines) is 1. The molecule has 24 heavy (non-hydrogen) atoms. The molecule has 0 N–H and O–H groups in total. The summed E-state index contributed by atoms with van der Waals surface area (Å²) in [5.41, 5.74) is 2.58. The quantitative estimate of drug-likeness (QED) is 0.743. The highest BCUT2D eigenvalue weighted by atomic mass is 16.2. The van der Waals surface area contributed by atoms with Crippen molar-refractivity contribution in [3.8, 4) is 0 Å². The van der Waals surface area contributed by atoms with Gasteiger partial charge >= 0.3 is 0 Å². The minimum absolute atomic E-state index is 0.0314. The molecule has 5 nitrogen and oxygen atoms in total. The summed E-state index contributed by atoms with van der Waals surface area (Å²) in [5, 5.41) is 5.46. The second-order valence-corrected chi connectivity index (χ2v) is 6.18. The lowest BCUT2D eigenvalue weighted by Gasteiger charge is -2.13. The maximum absolute atomic E-state index is 12.8. The summed E-state index contributed by atoms with van der Waals surface area (Å²) in [6, 6.07) is 14.1. The Balaban J connectivity index is 1.65. The van der Waals surface area contributed by atoms with E-state index < -0.39 is 0 Å². The molecule has 122 valence electrons. The summed E-state index contributed by atoms with van der Waals surface area (Å²) in [4.78, 5) is 19.1. The van der Waals surface area contributed by atoms with E-state index in [2.05, 4.69) is 22.2 Å². The Morgan fingerprint density at radius 2 is 1.83 bits per heavy atom. The number of pyridine rings is 1. The van der Waals surface area contributed by atoms with Gasteiger partial charge in [-0.25, -0.2) is 9.67 Å². The molecule has 1 saturated heterocycles. The molecule has 1 aromatic carbocycles. The summed E-state index contributed by atoms with van der Waals surface area (Å²) in [6.07, 6.45) is 4.78. The van der Waals surface area contributed by atoms with Crippen LogP contribution in [0.3, 0.4) is 0 Å². The molecule has 1 aliphatic rings. The lowest BCUT2D eigenvalue weighted by Crippen LogP contribution is -2.28. The van der Waals surface area contributed by atoms with Gasteiger partial charge in [0.2, 0.25) is 0 Å². The van der Waals surface area contributed by atoms with Gasteiger partial charge in [0.15, 0.2) is 11.3 Å². The molecule has 5 heteroatoms. The molecular weight excluding hydrogens is 300 g/mol. The minimum Gasteiger partial charge on any atom is -0.337 e. The summed E-state index contributed by atoms with van der Waals surface area (Å²) in [5.74, 6) is 0.0314. The molecule has 0 atom stereocenters. The Hall–Kier alpha value is -2.69. The molecule has 2 aromatic heterocycles. The highest BCUT2D eigenvalue weighted by Crippen LogP contribution is 2.20. The third kappa shape index (κ3) is 2.77. The van der Waals surface area contributed by atoms with Gasteiger partial charge in [-0.2, -0.15) is 5.10 Å². The van der Waals surface area contributed by atoms with E-state index in [9.17, 15) is 4.79 Å². The number of hydrogen-bond donors (Lipinski definition) is 0. The third-order valence-electron chi connectivity index (χ3n) is 4.56. The largest absolute Gasteiger partial charge is 0.337 e. The zero-order valence-electron chi connectivity index (χ0n) is 13.6. The smallest absolute Gasteiger partial charge is 0.275 e. The highest BCUT2D eigenvalue weighted by Gasteiger charge is 2.25. The number of amides is 1. The van der Waals surface area contributed by atoms with E-state index in [0.29, 0.717) is 12.2 Å². The summed E-state index contributed by atoms with van der Waals surface area (Å²) in [7, 11) is 0. The van der Waals surface area contributed by atoms with Crippen LogP contribution in [0, 0.1) is 0 Å². The molecule has 1 amide bonds. The highest BCUT2D eigenvalue weighted by molar-refractivity contribution is 6.04. The Kier molecular flexibility index (Phi) is 3.99. The molecular formula is C19H20N4O. The van der Waals surface area contributed by atoms with Crippen LogP contribution < -0.4 is 0 Å². The first-order chi connectivity index (χ1) is 11.8. The van der Waals surface area contributed by atoms with E-state index >= 15 is 0 Å². The number of aromatic nitrogens is 3. The number of rotatable bonds is 4. The number of aryl methyl sites for hydroxylation is 2. The molecule has 1 fully saturated rings. The molecule has 4 rings (SSSR count). The maximum atomic E-state index is 12.8. The van der Waals surface area contributed by atoms with E-state index in [1.165, 1.54) is 5.56 Å². The number of carbonyl (C=O) groups excluding carboxylic acids is 1. The molecule has 3 aromatic rings. The van der Waals surface area contributed by atoms with Crippen LogP contribution in [0.5, 0.6) is 0 Å². The number of benzene rings is 1. The van der Waals surface area contributed by atoms with Crippen LogP contribution in [0.2, 0.25) is 0 Å². The third-order valence-corrected chi connectivity index (χ3v) is 4.56. The topological polar surface area (TPSA) is 51.0 Å². The van der Waals surface area contributed by atoms with Crippen molar-refractivity contribution in [1.82, 2.24) is 19.7 Å². The number of hydrogen-bond acceptors (Lipinski definition) is 3. The fourth-order valence-corrected chi connectivity index (χ4v) is 3.27. The van der Waals surface area contributed by atoms with E-state index in [0.717, 1.165) is 43.4 Å². The fourth-order valence-electron chi connectivity index (χ4n) is 3.27. The van der Waals surface area contributed by atoms with Gasteiger partial charge in [-0.15, -0.1) is 0 Å². The van der Waals surface area contributed by atoms with Crippen LogP contribution in [0.15, 0.2) is 48.7 Å². The summed E-state index contributed by atoms with van der Waals surface area (Å²) >= 11 is 0. The van der Waals surface area contributed by atoms with Crippen LogP contribution in [0.4, 0.5) is 0 Å². The van der Waals surface area contributed by atoms with Crippen molar-refractivity contribution >= 4 is 16.9 Å². The van der Waals surface area contributed by atoms with E-state index in [-0.39, 0.29) is 5.91 Å². The van der Waals surface area contributed by atoms with E-state index in [4.69, 9.17) is 0 Å². The van der Waals surface area contributed by atoms with Crippen molar-refractivity contribution < 1.29 is 4.79 Å². The van der Waals surface area contributed by atoms with Gasteiger partial charge in [0, 0.05) is 25.8 Å². The van der Waals surface area contributed by atoms with Crippen molar-refractivity contribution in [2.24, 2.45) is 0 Å². The molecule has 3 heterocycles. The van der Waals surface area contributed by atoms with E-state index in [1.807, 2.05) is 39.9 Å². The fraction of sp³-hybridized carbons (Fsp3) is 0.316. The lowest BCUT2D eigenvalue weighted by atomic mass is 10.1. The SMILES string of the molecule is O=C(c1nn(CCc2ccccc2)c2ncccc12)N1CCCC1. The van der Waals surface area contributed by atoms with Gasteiger partial charge in [0.05, 0.1) is 5.39 Å². The van der Waals surface area contributed by atoms with Crippen molar-refractivity contribution in [3.63, 3.8) is 0 Å². The molecule has 0 spiro atoms. The van der Waals surface area contributed by atoms with E-state index in [1.54, 1.807) is 6.20 Å². The Bertz CT molecular complexity index is 850. The molecule has 0 radical (unpaired) electrons. The van der Waals surface area contributed by atoms with Crippen LogP contribution in [-0.2, 0) is 13.0 Å². The summed E-state index contributed by atoms with van der Waals surface area (Å²) in [6.45, 7) is 2.37.